The Hall–Kier alpha value is -1.95. The van der Waals surface area contributed by atoms with Crippen LogP contribution in [0.15, 0.2) is 18.2 Å². The summed E-state index contributed by atoms with van der Waals surface area (Å²) in [7, 11) is 3.24. The van der Waals surface area contributed by atoms with Crippen LogP contribution in [0.2, 0.25) is 5.02 Å². The predicted octanol–water partition coefficient (Wildman–Crippen LogP) is 3.86. The maximum atomic E-state index is 12.9. The van der Waals surface area contributed by atoms with Gasteiger partial charge in [0, 0.05) is 24.2 Å². The average Bonchev–Trinajstić information content (AvgIpc) is 2.50. The number of nitrogens with one attached hydrogen (secondary N) is 1. The van der Waals surface area contributed by atoms with Crippen molar-refractivity contribution in [3.63, 3.8) is 0 Å². The molecule has 1 rings (SSSR count). The van der Waals surface area contributed by atoms with Crippen LogP contribution in [-0.4, -0.2) is 42.7 Å². The zero-order valence-corrected chi connectivity index (χ0v) is 17.3. The first-order valence-electron chi connectivity index (χ1n) is 8.51. The molecule has 1 aromatic rings. The molecule has 26 heavy (non-hydrogen) atoms. The second-order valence-electron chi connectivity index (χ2n) is 7.52. The van der Waals surface area contributed by atoms with Crippen molar-refractivity contribution in [2.75, 3.05) is 14.2 Å². The Labute approximate surface area is 160 Å². The molecule has 6 nitrogen and oxygen atoms in total. The largest absolute Gasteiger partial charge is 0.496 e. The first-order chi connectivity index (χ1) is 11.9. The van der Waals surface area contributed by atoms with E-state index in [1.165, 1.54) is 4.90 Å². The van der Waals surface area contributed by atoms with Gasteiger partial charge < -0.3 is 19.7 Å². The molecule has 0 aliphatic heterocycles. The lowest BCUT2D eigenvalue weighted by Gasteiger charge is -2.28. The van der Waals surface area contributed by atoms with Gasteiger partial charge in [0.2, 0.25) is 5.91 Å². The van der Waals surface area contributed by atoms with Crippen molar-refractivity contribution in [3.8, 4) is 5.75 Å². The van der Waals surface area contributed by atoms with E-state index in [0.717, 1.165) is 5.56 Å². The number of hydrogen-bond donors (Lipinski definition) is 1. The summed E-state index contributed by atoms with van der Waals surface area (Å²) in [5.74, 6) is 0.335. The number of halogens is 1. The molecular formula is C19H29ClN2O4. The highest BCUT2D eigenvalue weighted by atomic mass is 35.5. The molecule has 1 N–H and O–H groups in total. The molecule has 146 valence electrons. The molecule has 0 aromatic heterocycles. The summed E-state index contributed by atoms with van der Waals surface area (Å²) < 4.78 is 10.6. The van der Waals surface area contributed by atoms with Crippen molar-refractivity contribution in [2.45, 2.75) is 52.8 Å². The Bertz CT molecular complexity index is 641. The summed E-state index contributed by atoms with van der Waals surface area (Å²) in [6.07, 6.45) is -0.613. The van der Waals surface area contributed by atoms with E-state index in [1.807, 2.05) is 13.8 Å². The Morgan fingerprint density at radius 2 is 1.88 bits per heavy atom. The summed E-state index contributed by atoms with van der Waals surface area (Å²) in [5.41, 5.74) is 0.157. The van der Waals surface area contributed by atoms with Crippen LogP contribution in [-0.2, 0) is 16.1 Å². The van der Waals surface area contributed by atoms with E-state index in [9.17, 15) is 9.59 Å². The summed E-state index contributed by atoms with van der Waals surface area (Å²) in [5, 5.41) is 3.23. The van der Waals surface area contributed by atoms with Gasteiger partial charge in [0.25, 0.3) is 0 Å². The van der Waals surface area contributed by atoms with Crippen molar-refractivity contribution in [1.29, 1.82) is 0 Å². The van der Waals surface area contributed by atoms with Crippen molar-refractivity contribution in [2.24, 2.45) is 5.92 Å². The third-order valence-corrected chi connectivity index (χ3v) is 3.87. The highest BCUT2D eigenvalue weighted by Crippen LogP contribution is 2.24. The molecule has 1 atom stereocenters. The lowest BCUT2D eigenvalue weighted by atomic mass is 10.0. The Morgan fingerprint density at radius 3 is 2.38 bits per heavy atom. The standard InChI is InChI=1S/C19H29ClN2O4/c1-12(2)16(21-18(24)26-19(3,4)5)17(23)22(6)11-13-10-14(20)8-9-15(13)25-7/h8-10,12,16H,11H2,1-7H3,(H,21,24). The number of rotatable bonds is 6. The van der Waals surface area contributed by atoms with E-state index in [0.29, 0.717) is 17.3 Å². The van der Waals surface area contributed by atoms with Crippen LogP contribution in [0.3, 0.4) is 0 Å². The first kappa shape index (κ1) is 22.1. The highest BCUT2D eigenvalue weighted by Gasteiger charge is 2.29. The topological polar surface area (TPSA) is 67.9 Å². The summed E-state index contributed by atoms with van der Waals surface area (Å²) in [6.45, 7) is 9.37. The maximum Gasteiger partial charge on any atom is 0.408 e. The zero-order chi connectivity index (χ0) is 20.1. The Morgan fingerprint density at radius 1 is 1.27 bits per heavy atom. The fraction of sp³-hybridized carbons (Fsp3) is 0.579. The van der Waals surface area contributed by atoms with E-state index in [-0.39, 0.29) is 11.8 Å². The highest BCUT2D eigenvalue weighted by molar-refractivity contribution is 6.30. The second-order valence-corrected chi connectivity index (χ2v) is 7.95. The maximum absolute atomic E-state index is 12.9. The minimum atomic E-state index is -0.694. The van der Waals surface area contributed by atoms with Crippen LogP contribution in [0, 0.1) is 5.92 Å². The molecule has 0 bridgehead atoms. The van der Waals surface area contributed by atoms with Gasteiger partial charge in [-0.3, -0.25) is 4.79 Å². The summed E-state index contributed by atoms with van der Waals surface area (Å²) in [6, 6.07) is 4.55. The van der Waals surface area contributed by atoms with Crippen LogP contribution in [0.5, 0.6) is 5.75 Å². The first-order valence-corrected chi connectivity index (χ1v) is 8.89. The average molecular weight is 385 g/mol. The van der Waals surface area contributed by atoms with Crippen LogP contribution in [0.4, 0.5) is 4.79 Å². The van der Waals surface area contributed by atoms with Crippen LogP contribution in [0.1, 0.15) is 40.2 Å². The van der Waals surface area contributed by atoms with Crippen molar-refractivity contribution < 1.29 is 19.1 Å². The number of alkyl carbamates (subject to hydrolysis) is 1. The number of nitrogens with zero attached hydrogens (tertiary/aromatic N) is 1. The minimum absolute atomic E-state index is 0.0984. The lowest BCUT2D eigenvalue weighted by Crippen LogP contribution is -2.51. The van der Waals surface area contributed by atoms with Gasteiger partial charge in [-0.05, 0) is 44.9 Å². The molecule has 0 fully saturated rings. The fourth-order valence-electron chi connectivity index (χ4n) is 2.39. The van der Waals surface area contributed by atoms with Gasteiger partial charge in [-0.1, -0.05) is 25.4 Å². The molecule has 0 spiro atoms. The van der Waals surface area contributed by atoms with Crippen LogP contribution in [0.25, 0.3) is 0 Å². The van der Waals surface area contributed by atoms with Gasteiger partial charge in [0.1, 0.15) is 17.4 Å². The zero-order valence-electron chi connectivity index (χ0n) is 16.6. The van der Waals surface area contributed by atoms with Gasteiger partial charge in [0.15, 0.2) is 0 Å². The Kier molecular flexibility index (Phi) is 7.75. The summed E-state index contributed by atoms with van der Waals surface area (Å²) in [4.78, 5) is 26.5. The molecule has 1 aromatic carbocycles. The number of benzene rings is 1. The number of carbonyl (C=O) groups is 2. The van der Waals surface area contributed by atoms with Crippen LogP contribution < -0.4 is 10.1 Å². The van der Waals surface area contributed by atoms with Crippen molar-refractivity contribution in [1.82, 2.24) is 10.2 Å². The number of carbonyl (C=O) groups excluding carboxylic acids is 2. The monoisotopic (exact) mass is 384 g/mol. The quantitative estimate of drug-likeness (QED) is 0.808. The van der Waals surface area contributed by atoms with Gasteiger partial charge >= 0.3 is 6.09 Å². The van der Waals surface area contributed by atoms with E-state index in [2.05, 4.69) is 5.32 Å². The molecule has 0 heterocycles. The molecule has 0 aliphatic rings. The third kappa shape index (κ3) is 6.75. The molecule has 7 heteroatoms. The number of hydrogen-bond acceptors (Lipinski definition) is 4. The number of likely N-dealkylation sites (N-methyl/N-ethyl adjacent to an activating group) is 1. The molecule has 0 radical (unpaired) electrons. The summed E-state index contributed by atoms with van der Waals surface area (Å²) >= 11 is 6.05. The van der Waals surface area contributed by atoms with Crippen molar-refractivity contribution >= 4 is 23.6 Å². The van der Waals surface area contributed by atoms with Gasteiger partial charge in [-0.15, -0.1) is 0 Å². The van der Waals surface area contributed by atoms with E-state index in [4.69, 9.17) is 21.1 Å². The minimum Gasteiger partial charge on any atom is -0.496 e. The Balaban J connectivity index is 2.88. The lowest BCUT2D eigenvalue weighted by molar-refractivity contribution is -0.133. The number of amides is 2. The van der Waals surface area contributed by atoms with E-state index >= 15 is 0 Å². The molecule has 0 saturated heterocycles. The molecule has 0 aliphatic carbocycles. The van der Waals surface area contributed by atoms with E-state index < -0.39 is 17.7 Å². The fourth-order valence-corrected chi connectivity index (χ4v) is 2.58. The normalized spacial score (nSPS) is 12.5. The van der Waals surface area contributed by atoms with E-state index in [1.54, 1.807) is 53.1 Å². The second kappa shape index (κ2) is 9.12. The number of methoxy groups -OCH3 is 1. The van der Waals surface area contributed by atoms with Crippen LogP contribution >= 0.6 is 11.6 Å². The SMILES string of the molecule is COc1ccc(Cl)cc1CN(C)C(=O)C(NC(=O)OC(C)(C)C)C(C)C. The molecule has 2 amide bonds. The van der Waals surface area contributed by atoms with Gasteiger partial charge in [0.05, 0.1) is 7.11 Å². The molecule has 1 unspecified atom stereocenters. The van der Waals surface area contributed by atoms with Gasteiger partial charge in [-0.25, -0.2) is 4.79 Å². The number of ether oxygens (including phenoxy) is 2. The molecular weight excluding hydrogens is 356 g/mol. The predicted molar refractivity (Wildman–Crippen MR) is 102 cm³/mol. The van der Waals surface area contributed by atoms with Gasteiger partial charge in [-0.2, -0.15) is 0 Å². The smallest absolute Gasteiger partial charge is 0.408 e. The third-order valence-electron chi connectivity index (χ3n) is 3.63. The van der Waals surface area contributed by atoms with Crippen molar-refractivity contribution in [3.05, 3.63) is 28.8 Å². The molecule has 0 saturated carbocycles.